The average molecular weight is 468 g/mol. The van der Waals surface area contributed by atoms with E-state index in [1.807, 2.05) is 35.4 Å². The van der Waals surface area contributed by atoms with Crippen molar-refractivity contribution in [2.24, 2.45) is 5.92 Å². The third-order valence-corrected chi connectivity index (χ3v) is 6.67. The number of likely N-dealkylation sites (tertiary alicyclic amines) is 1. The molecule has 8 nitrogen and oxygen atoms in total. The molecule has 1 aliphatic rings. The van der Waals surface area contributed by atoms with E-state index >= 15 is 0 Å². The Morgan fingerprint density at radius 3 is 2.79 bits per heavy atom. The Balaban J connectivity index is 1.59. The van der Waals surface area contributed by atoms with E-state index in [1.165, 1.54) is 12.8 Å². The van der Waals surface area contributed by atoms with E-state index in [2.05, 4.69) is 23.6 Å². The Kier molecular flexibility index (Phi) is 9.34. The number of amides is 2. The van der Waals surface area contributed by atoms with E-state index in [0.29, 0.717) is 24.5 Å². The van der Waals surface area contributed by atoms with Crippen LogP contribution in [0.2, 0.25) is 0 Å². The van der Waals surface area contributed by atoms with Crippen LogP contribution in [0.4, 0.5) is 5.82 Å². The summed E-state index contributed by atoms with van der Waals surface area (Å²) in [5.74, 6) is 1.06. The lowest BCUT2D eigenvalue weighted by Gasteiger charge is -2.31. The Hall–Kier alpha value is -3.05. The van der Waals surface area contributed by atoms with E-state index in [4.69, 9.17) is 4.42 Å². The highest BCUT2D eigenvalue weighted by molar-refractivity contribution is 5.93. The highest BCUT2D eigenvalue weighted by atomic mass is 16.3. The number of aromatic nitrogens is 1. The lowest BCUT2D eigenvalue weighted by molar-refractivity contribution is -0.128. The van der Waals surface area contributed by atoms with E-state index in [1.54, 1.807) is 6.26 Å². The second-order valence-corrected chi connectivity index (χ2v) is 9.19. The zero-order chi connectivity index (χ0) is 24.5. The van der Waals surface area contributed by atoms with Crippen LogP contribution in [-0.4, -0.2) is 47.5 Å². The van der Waals surface area contributed by atoms with Crippen LogP contribution in [0.3, 0.4) is 0 Å². The summed E-state index contributed by atoms with van der Waals surface area (Å²) in [6.45, 7) is 8.69. The molecule has 1 aliphatic heterocycles. The molecule has 184 valence electrons. The number of carbonyl (C=O) groups excluding carboxylic acids is 2. The molecule has 0 aliphatic carbocycles. The monoisotopic (exact) mass is 467 g/mol. The molecule has 0 bridgehead atoms. The number of anilines is 1. The number of unbranched alkanes of at least 4 members (excludes halogenated alkanes) is 3. The Bertz CT molecular complexity index is 1000. The molecule has 8 heteroatoms. The number of rotatable bonds is 11. The molecule has 34 heavy (non-hydrogen) atoms. The summed E-state index contributed by atoms with van der Waals surface area (Å²) in [6, 6.07) is 5.92. The van der Waals surface area contributed by atoms with Crippen LogP contribution < -0.4 is 10.6 Å². The van der Waals surface area contributed by atoms with Gasteiger partial charge in [-0.25, -0.2) is 0 Å². The summed E-state index contributed by atoms with van der Waals surface area (Å²) >= 11 is 0. The van der Waals surface area contributed by atoms with Gasteiger partial charge in [-0.1, -0.05) is 26.2 Å². The van der Waals surface area contributed by atoms with Gasteiger partial charge in [0.1, 0.15) is 17.6 Å². The van der Waals surface area contributed by atoms with Gasteiger partial charge in [-0.05, 0) is 57.4 Å². The smallest absolute Gasteiger partial charge is 0.239 e. The minimum absolute atomic E-state index is 0.0882. The molecular weight excluding hydrogens is 430 g/mol. The van der Waals surface area contributed by atoms with E-state index in [-0.39, 0.29) is 24.3 Å². The molecule has 1 saturated heterocycles. The fourth-order valence-corrected chi connectivity index (χ4v) is 4.58. The molecule has 0 radical (unpaired) electrons. The largest absolute Gasteiger partial charge is 0.467 e. The number of carbonyl (C=O) groups is 2. The molecule has 0 saturated carbocycles. The van der Waals surface area contributed by atoms with Crippen LogP contribution in [0, 0.1) is 31.1 Å². The van der Waals surface area contributed by atoms with Crippen molar-refractivity contribution in [1.29, 1.82) is 5.26 Å². The molecule has 0 spiro atoms. The molecule has 1 atom stereocenters. The summed E-state index contributed by atoms with van der Waals surface area (Å²) in [5, 5.41) is 15.7. The van der Waals surface area contributed by atoms with Crippen LogP contribution >= 0.6 is 0 Å². The SMILES string of the molecule is CCCCCCNC(=O)C1CCCN(CC(=O)Nc2c(C#N)c(C)c(C)n2Cc2ccco2)C1. The number of nitrogens with zero attached hydrogens (tertiary/aromatic N) is 3. The van der Waals surface area contributed by atoms with Crippen LogP contribution in [-0.2, 0) is 16.1 Å². The van der Waals surface area contributed by atoms with E-state index in [0.717, 1.165) is 55.8 Å². The molecule has 2 aromatic rings. The summed E-state index contributed by atoms with van der Waals surface area (Å²) in [6.07, 6.45) is 7.86. The normalized spacial score (nSPS) is 16.2. The Labute approximate surface area is 202 Å². The van der Waals surface area contributed by atoms with Crippen molar-refractivity contribution in [3.63, 3.8) is 0 Å². The third-order valence-electron chi connectivity index (χ3n) is 6.67. The van der Waals surface area contributed by atoms with Crippen molar-refractivity contribution in [3.8, 4) is 6.07 Å². The molecule has 3 heterocycles. The van der Waals surface area contributed by atoms with Crippen LogP contribution in [0.25, 0.3) is 0 Å². The fourth-order valence-electron chi connectivity index (χ4n) is 4.58. The summed E-state index contributed by atoms with van der Waals surface area (Å²) in [4.78, 5) is 27.6. The van der Waals surface area contributed by atoms with Gasteiger partial charge in [-0.15, -0.1) is 0 Å². The van der Waals surface area contributed by atoms with E-state index < -0.39 is 0 Å². The molecular formula is C26H37N5O3. The first-order valence-electron chi connectivity index (χ1n) is 12.4. The quantitative estimate of drug-likeness (QED) is 0.487. The highest BCUT2D eigenvalue weighted by Gasteiger charge is 2.27. The summed E-state index contributed by atoms with van der Waals surface area (Å²) in [7, 11) is 0. The topological polar surface area (TPSA) is 103 Å². The van der Waals surface area contributed by atoms with Gasteiger partial charge in [-0.3, -0.25) is 14.5 Å². The zero-order valence-corrected chi connectivity index (χ0v) is 20.7. The summed E-state index contributed by atoms with van der Waals surface area (Å²) in [5.41, 5.74) is 2.23. The van der Waals surface area contributed by atoms with Gasteiger partial charge in [0.25, 0.3) is 0 Å². The van der Waals surface area contributed by atoms with Crippen LogP contribution in [0.5, 0.6) is 0 Å². The van der Waals surface area contributed by atoms with Crippen molar-refractivity contribution in [2.45, 2.75) is 65.8 Å². The first kappa shape index (κ1) is 25.6. The molecule has 2 amide bonds. The first-order valence-corrected chi connectivity index (χ1v) is 12.4. The predicted molar refractivity (Wildman–Crippen MR) is 131 cm³/mol. The molecule has 2 aromatic heterocycles. The van der Waals surface area contributed by atoms with Crippen molar-refractivity contribution >= 4 is 17.6 Å². The minimum atomic E-state index is -0.185. The zero-order valence-electron chi connectivity index (χ0n) is 20.7. The number of hydrogen-bond donors (Lipinski definition) is 2. The van der Waals surface area contributed by atoms with Gasteiger partial charge in [0, 0.05) is 18.8 Å². The lowest BCUT2D eigenvalue weighted by atomic mass is 9.97. The number of nitrogens with one attached hydrogen (secondary N) is 2. The van der Waals surface area contributed by atoms with Crippen molar-refractivity contribution in [3.05, 3.63) is 41.0 Å². The maximum atomic E-state index is 13.0. The highest BCUT2D eigenvalue weighted by Crippen LogP contribution is 2.27. The molecule has 1 unspecified atom stereocenters. The van der Waals surface area contributed by atoms with Gasteiger partial charge >= 0.3 is 0 Å². The van der Waals surface area contributed by atoms with Gasteiger partial charge < -0.3 is 19.6 Å². The fraction of sp³-hybridized carbons (Fsp3) is 0.577. The molecule has 3 rings (SSSR count). The number of nitriles is 1. The summed E-state index contributed by atoms with van der Waals surface area (Å²) < 4.78 is 7.39. The number of furan rings is 1. The minimum Gasteiger partial charge on any atom is -0.467 e. The maximum absolute atomic E-state index is 13.0. The molecule has 1 fully saturated rings. The predicted octanol–water partition coefficient (Wildman–Crippen LogP) is 3.96. The number of piperidine rings is 1. The van der Waals surface area contributed by atoms with Crippen molar-refractivity contribution in [1.82, 2.24) is 14.8 Å². The van der Waals surface area contributed by atoms with Crippen LogP contribution in [0.1, 0.15) is 68.0 Å². The van der Waals surface area contributed by atoms with Crippen molar-refractivity contribution < 1.29 is 14.0 Å². The van der Waals surface area contributed by atoms with Gasteiger partial charge in [0.15, 0.2) is 0 Å². The third kappa shape index (κ3) is 6.51. The molecule has 0 aromatic carbocycles. The van der Waals surface area contributed by atoms with Gasteiger partial charge in [0.2, 0.25) is 11.8 Å². The van der Waals surface area contributed by atoms with Crippen LogP contribution in [0.15, 0.2) is 22.8 Å². The average Bonchev–Trinajstić information content (AvgIpc) is 3.42. The second kappa shape index (κ2) is 12.4. The standard InChI is InChI=1S/C26H37N5O3/c1-4-5-6-7-12-28-26(33)21-10-8-13-30(16-21)18-24(32)29-25-23(15-27)19(2)20(3)31(25)17-22-11-9-14-34-22/h9,11,14,21H,4-8,10,12-13,16-18H2,1-3H3,(H,28,33)(H,29,32). The van der Waals surface area contributed by atoms with Gasteiger partial charge in [0.05, 0.1) is 30.8 Å². The van der Waals surface area contributed by atoms with Gasteiger partial charge in [-0.2, -0.15) is 5.26 Å². The number of hydrogen-bond acceptors (Lipinski definition) is 5. The van der Waals surface area contributed by atoms with Crippen molar-refractivity contribution in [2.75, 3.05) is 31.5 Å². The lowest BCUT2D eigenvalue weighted by Crippen LogP contribution is -2.45. The first-order chi connectivity index (χ1) is 16.4. The molecule has 2 N–H and O–H groups in total. The Morgan fingerprint density at radius 1 is 1.26 bits per heavy atom. The second-order valence-electron chi connectivity index (χ2n) is 9.19. The van der Waals surface area contributed by atoms with E-state index in [9.17, 15) is 14.9 Å². The Morgan fingerprint density at radius 2 is 2.09 bits per heavy atom. The maximum Gasteiger partial charge on any atom is 0.239 e.